The monoisotopic (exact) mass is 211 g/mol. The molecule has 0 spiro atoms. The summed E-state index contributed by atoms with van der Waals surface area (Å²) in [5.41, 5.74) is -0.00452. The minimum Gasteiger partial charge on any atom is -0.465 e. The molecule has 0 aliphatic carbocycles. The summed E-state index contributed by atoms with van der Waals surface area (Å²) in [6.45, 7) is 7.12. The van der Waals surface area contributed by atoms with Crippen LogP contribution in [0.1, 0.15) is 38.2 Å². The van der Waals surface area contributed by atoms with Gasteiger partial charge in [0.2, 0.25) is 0 Å². The highest BCUT2D eigenvalue weighted by Crippen LogP contribution is 2.15. The van der Waals surface area contributed by atoms with Gasteiger partial charge in [0.25, 0.3) is 0 Å². The number of aryl methyl sites for hydroxylation is 1. The second kappa shape index (κ2) is 5.33. The molecule has 1 atom stereocenters. The zero-order valence-electron chi connectivity index (χ0n) is 9.84. The van der Waals surface area contributed by atoms with E-state index < -0.39 is 0 Å². The van der Waals surface area contributed by atoms with Crippen molar-refractivity contribution in [1.82, 2.24) is 5.32 Å². The summed E-state index contributed by atoms with van der Waals surface area (Å²) in [6, 6.07) is 3.95. The van der Waals surface area contributed by atoms with Crippen LogP contribution in [0.5, 0.6) is 0 Å². The standard InChI is InChI=1S/C12H21NO2/c1-4-12(3,7-8-14)13-9-11-6-5-10(2)15-11/h5-6,13-14H,4,7-9H2,1-3H3. The molecule has 1 heterocycles. The van der Waals surface area contributed by atoms with Gasteiger partial charge in [-0.05, 0) is 38.8 Å². The second-order valence-corrected chi connectivity index (χ2v) is 4.25. The second-order valence-electron chi connectivity index (χ2n) is 4.25. The zero-order valence-corrected chi connectivity index (χ0v) is 9.84. The van der Waals surface area contributed by atoms with E-state index in [1.165, 1.54) is 0 Å². The molecule has 0 bridgehead atoms. The van der Waals surface area contributed by atoms with E-state index in [-0.39, 0.29) is 12.1 Å². The molecular formula is C12H21NO2. The van der Waals surface area contributed by atoms with Gasteiger partial charge < -0.3 is 14.8 Å². The molecule has 3 nitrogen and oxygen atoms in total. The van der Waals surface area contributed by atoms with E-state index in [0.717, 1.165) is 30.9 Å². The molecular weight excluding hydrogens is 190 g/mol. The Morgan fingerprint density at radius 3 is 2.67 bits per heavy atom. The van der Waals surface area contributed by atoms with Crippen LogP contribution >= 0.6 is 0 Å². The first-order valence-electron chi connectivity index (χ1n) is 5.51. The third-order valence-electron chi connectivity index (χ3n) is 2.93. The lowest BCUT2D eigenvalue weighted by Crippen LogP contribution is -2.41. The van der Waals surface area contributed by atoms with Gasteiger partial charge in [0.15, 0.2) is 0 Å². The van der Waals surface area contributed by atoms with Crippen molar-refractivity contribution in [2.75, 3.05) is 6.61 Å². The Balaban J connectivity index is 2.47. The number of furan rings is 1. The van der Waals surface area contributed by atoms with Crippen LogP contribution in [0.25, 0.3) is 0 Å². The molecule has 1 rings (SSSR count). The first-order valence-corrected chi connectivity index (χ1v) is 5.51. The number of rotatable bonds is 6. The van der Waals surface area contributed by atoms with Gasteiger partial charge in [-0.1, -0.05) is 6.92 Å². The predicted octanol–water partition coefficient (Wildman–Crippen LogP) is 2.23. The summed E-state index contributed by atoms with van der Waals surface area (Å²) in [7, 11) is 0. The number of hydrogen-bond donors (Lipinski definition) is 2. The molecule has 1 aromatic rings. The molecule has 0 saturated heterocycles. The number of hydrogen-bond acceptors (Lipinski definition) is 3. The molecule has 3 heteroatoms. The number of aliphatic hydroxyl groups is 1. The summed E-state index contributed by atoms with van der Waals surface area (Å²) < 4.78 is 5.48. The molecule has 0 aliphatic heterocycles. The maximum absolute atomic E-state index is 8.97. The highest BCUT2D eigenvalue weighted by molar-refractivity contribution is 5.05. The molecule has 86 valence electrons. The lowest BCUT2D eigenvalue weighted by molar-refractivity contribution is 0.211. The van der Waals surface area contributed by atoms with Crippen molar-refractivity contribution >= 4 is 0 Å². The van der Waals surface area contributed by atoms with Crippen molar-refractivity contribution in [3.05, 3.63) is 23.7 Å². The van der Waals surface area contributed by atoms with E-state index in [4.69, 9.17) is 9.52 Å². The first-order chi connectivity index (χ1) is 7.09. The van der Waals surface area contributed by atoms with Crippen LogP contribution in [0, 0.1) is 6.92 Å². The molecule has 0 fully saturated rings. The average molecular weight is 211 g/mol. The van der Waals surface area contributed by atoms with Gasteiger partial charge >= 0.3 is 0 Å². The molecule has 0 radical (unpaired) electrons. The average Bonchev–Trinajstić information content (AvgIpc) is 2.62. The summed E-state index contributed by atoms with van der Waals surface area (Å²) >= 11 is 0. The van der Waals surface area contributed by atoms with Crippen LogP contribution < -0.4 is 5.32 Å². The highest BCUT2D eigenvalue weighted by Gasteiger charge is 2.20. The van der Waals surface area contributed by atoms with Crippen molar-refractivity contribution in [1.29, 1.82) is 0 Å². The molecule has 0 saturated carbocycles. The van der Waals surface area contributed by atoms with Crippen molar-refractivity contribution in [2.24, 2.45) is 0 Å². The first kappa shape index (κ1) is 12.3. The molecule has 0 amide bonds. The lowest BCUT2D eigenvalue weighted by Gasteiger charge is -2.28. The molecule has 0 aliphatic rings. The zero-order chi connectivity index (χ0) is 11.3. The van der Waals surface area contributed by atoms with Gasteiger partial charge in [0.1, 0.15) is 11.5 Å². The number of nitrogens with one attached hydrogen (secondary N) is 1. The van der Waals surface area contributed by atoms with Crippen LogP contribution in [0.4, 0.5) is 0 Å². The van der Waals surface area contributed by atoms with E-state index in [9.17, 15) is 0 Å². The Bertz CT molecular complexity index is 296. The van der Waals surface area contributed by atoms with Gasteiger partial charge in [-0.25, -0.2) is 0 Å². The quantitative estimate of drug-likeness (QED) is 0.758. The van der Waals surface area contributed by atoms with E-state index in [0.29, 0.717) is 0 Å². The third kappa shape index (κ3) is 3.68. The fourth-order valence-corrected chi connectivity index (χ4v) is 1.52. The minimum absolute atomic E-state index is 0.00452. The maximum Gasteiger partial charge on any atom is 0.117 e. The Kier molecular flexibility index (Phi) is 4.36. The van der Waals surface area contributed by atoms with E-state index in [1.807, 2.05) is 19.1 Å². The van der Waals surface area contributed by atoms with Gasteiger partial charge in [-0.3, -0.25) is 0 Å². The summed E-state index contributed by atoms with van der Waals surface area (Å²) in [4.78, 5) is 0. The lowest BCUT2D eigenvalue weighted by atomic mass is 9.95. The largest absolute Gasteiger partial charge is 0.465 e. The van der Waals surface area contributed by atoms with Crippen LogP contribution in [0.3, 0.4) is 0 Å². The van der Waals surface area contributed by atoms with Crippen molar-refractivity contribution in [2.45, 2.75) is 45.7 Å². The van der Waals surface area contributed by atoms with Gasteiger partial charge in [0, 0.05) is 12.1 Å². The smallest absolute Gasteiger partial charge is 0.117 e. The van der Waals surface area contributed by atoms with Crippen molar-refractivity contribution in [3.63, 3.8) is 0 Å². The fourth-order valence-electron chi connectivity index (χ4n) is 1.52. The Labute approximate surface area is 91.5 Å². The SMILES string of the molecule is CCC(C)(CCO)NCc1ccc(C)o1. The Morgan fingerprint density at radius 1 is 1.47 bits per heavy atom. The third-order valence-corrected chi connectivity index (χ3v) is 2.93. The summed E-state index contributed by atoms with van der Waals surface area (Å²) in [6.07, 6.45) is 1.76. The topological polar surface area (TPSA) is 45.4 Å². The van der Waals surface area contributed by atoms with E-state index >= 15 is 0 Å². The highest BCUT2D eigenvalue weighted by atomic mass is 16.3. The maximum atomic E-state index is 8.97. The molecule has 1 aromatic heterocycles. The van der Waals surface area contributed by atoms with Gasteiger partial charge in [0.05, 0.1) is 6.54 Å². The van der Waals surface area contributed by atoms with E-state index in [2.05, 4.69) is 19.2 Å². The normalized spacial score (nSPS) is 15.2. The van der Waals surface area contributed by atoms with Crippen molar-refractivity contribution in [3.8, 4) is 0 Å². The van der Waals surface area contributed by atoms with Crippen LogP contribution in [-0.4, -0.2) is 17.3 Å². The van der Waals surface area contributed by atoms with Crippen LogP contribution in [0.2, 0.25) is 0 Å². The van der Waals surface area contributed by atoms with E-state index in [1.54, 1.807) is 0 Å². The molecule has 2 N–H and O–H groups in total. The predicted molar refractivity (Wildman–Crippen MR) is 60.7 cm³/mol. The molecule has 0 aromatic carbocycles. The van der Waals surface area contributed by atoms with Crippen molar-refractivity contribution < 1.29 is 9.52 Å². The van der Waals surface area contributed by atoms with Crippen LogP contribution in [0.15, 0.2) is 16.5 Å². The van der Waals surface area contributed by atoms with Crippen LogP contribution in [-0.2, 0) is 6.54 Å². The Hall–Kier alpha value is -0.800. The number of aliphatic hydroxyl groups excluding tert-OH is 1. The Morgan fingerprint density at radius 2 is 2.20 bits per heavy atom. The molecule has 1 unspecified atom stereocenters. The summed E-state index contributed by atoms with van der Waals surface area (Å²) in [5.74, 6) is 1.89. The van der Waals surface area contributed by atoms with Gasteiger partial charge in [-0.15, -0.1) is 0 Å². The van der Waals surface area contributed by atoms with Gasteiger partial charge in [-0.2, -0.15) is 0 Å². The fraction of sp³-hybridized carbons (Fsp3) is 0.667. The minimum atomic E-state index is -0.00452. The summed E-state index contributed by atoms with van der Waals surface area (Å²) in [5, 5.41) is 12.4. The molecule has 15 heavy (non-hydrogen) atoms.